The van der Waals surface area contributed by atoms with Gasteiger partial charge in [-0.15, -0.1) is 0 Å². The van der Waals surface area contributed by atoms with E-state index in [1.807, 2.05) is 0 Å². The van der Waals surface area contributed by atoms with Crippen LogP contribution in [0.1, 0.15) is 33.1 Å². The second-order valence-electron chi connectivity index (χ2n) is 3.64. The standard InChI is InChI=1S/C9H15NS/c1-7-3-4-9(10-6-11)5-8(7)2/h7-9H,3-5H2,1-2H3. The van der Waals surface area contributed by atoms with E-state index in [1.54, 1.807) is 0 Å². The molecule has 62 valence electrons. The van der Waals surface area contributed by atoms with E-state index in [2.05, 4.69) is 36.2 Å². The third kappa shape index (κ3) is 2.39. The molecule has 0 aliphatic heterocycles. The topological polar surface area (TPSA) is 12.4 Å². The lowest BCUT2D eigenvalue weighted by Gasteiger charge is -2.29. The molecule has 3 atom stereocenters. The molecule has 1 aliphatic rings. The smallest absolute Gasteiger partial charge is 0.0605 e. The summed E-state index contributed by atoms with van der Waals surface area (Å²) in [5, 5.41) is 2.48. The molecule has 0 heterocycles. The van der Waals surface area contributed by atoms with E-state index in [-0.39, 0.29) is 0 Å². The molecule has 0 spiro atoms. The molecule has 1 saturated carbocycles. The molecule has 0 aromatic carbocycles. The van der Waals surface area contributed by atoms with E-state index in [9.17, 15) is 0 Å². The van der Waals surface area contributed by atoms with Crippen molar-refractivity contribution in [2.75, 3.05) is 0 Å². The van der Waals surface area contributed by atoms with Crippen LogP contribution in [0.25, 0.3) is 0 Å². The number of aliphatic imine (C=N–C) groups is 1. The Morgan fingerprint density at radius 1 is 1.27 bits per heavy atom. The quantitative estimate of drug-likeness (QED) is 0.434. The van der Waals surface area contributed by atoms with Crippen LogP contribution >= 0.6 is 12.2 Å². The van der Waals surface area contributed by atoms with Crippen LogP contribution in [0.5, 0.6) is 0 Å². The van der Waals surface area contributed by atoms with E-state index in [0.717, 1.165) is 11.8 Å². The second-order valence-corrected chi connectivity index (χ2v) is 3.82. The van der Waals surface area contributed by atoms with Crippen molar-refractivity contribution in [3.05, 3.63) is 0 Å². The molecule has 0 aromatic rings. The van der Waals surface area contributed by atoms with Gasteiger partial charge in [0.15, 0.2) is 0 Å². The number of isothiocyanates is 1. The highest BCUT2D eigenvalue weighted by Crippen LogP contribution is 2.30. The van der Waals surface area contributed by atoms with Gasteiger partial charge in [0.25, 0.3) is 0 Å². The maximum atomic E-state index is 4.58. The fraction of sp³-hybridized carbons (Fsp3) is 0.889. The lowest BCUT2D eigenvalue weighted by Crippen LogP contribution is -2.22. The van der Waals surface area contributed by atoms with Gasteiger partial charge in [-0.3, -0.25) is 0 Å². The summed E-state index contributed by atoms with van der Waals surface area (Å²) in [7, 11) is 0. The second kappa shape index (κ2) is 3.99. The minimum atomic E-state index is 0.471. The average Bonchev–Trinajstić information content (AvgIpc) is 1.98. The zero-order valence-corrected chi connectivity index (χ0v) is 8.03. The van der Waals surface area contributed by atoms with Gasteiger partial charge in [0.2, 0.25) is 0 Å². The normalized spacial score (nSPS) is 37.8. The largest absolute Gasteiger partial charge is 0.229 e. The number of nitrogens with zero attached hydrogens (tertiary/aromatic N) is 1. The Labute approximate surface area is 73.9 Å². The van der Waals surface area contributed by atoms with Crippen molar-refractivity contribution in [3.8, 4) is 0 Å². The van der Waals surface area contributed by atoms with Gasteiger partial charge in [-0.25, -0.2) is 4.99 Å². The Morgan fingerprint density at radius 2 is 2.00 bits per heavy atom. The molecule has 0 N–H and O–H groups in total. The summed E-state index contributed by atoms with van der Waals surface area (Å²) in [5.74, 6) is 1.67. The Morgan fingerprint density at radius 3 is 2.55 bits per heavy atom. The molecule has 0 saturated heterocycles. The average molecular weight is 169 g/mol. The van der Waals surface area contributed by atoms with E-state index in [4.69, 9.17) is 0 Å². The van der Waals surface area contributed by atoms with Crippen molar-refractivity contribution in [2.45, 2.75) is 39.2 Å². The highest BCUT2D eigenvalue weighted by molar-refractivity contribution is 7.78. The Hall–Kier alpha value is -0.200. The first-order chi connectivity index (χ1) is 5.24. The molecule has 0 radical (unpaired) electrons. The molecule has 0 bridgehead atoms. The van der Waals surface area contributed by atoms with Crippen LogP contribution in [-0.2, 0) is 0 Å². The van der Waals surface area contributed by atoms with Crippen molar-refractivity contribution < 1.29 is 0 Å². The van der Waals surface area contributed by atoms with Crippen LogP contribution in [0, 0.1) is 11.8 Å². The Bertz CT molecular complexity index is 172. The van der Waals surface area contributed by atoms with Gasteiger partial charge in [0.1, 0.15) is 0 Å². The summed E-state index contributed by atoms with van der Waals surface area (Å²) < 4.78 is 0. The monoisotopic (exact) mass is 169 g/mol. The first-order valence-corrected chi connectivity index (χ1v) is 4.72. The van der Waals surface area contributed by atoms with Crippen LogP contribution in [0.2, 0.25) is 0 Å². The third-order valence-corrected chi connectivity index (χ3v) is 2.91. The van der Waals surface area contributed by atoms with Crippen molar-refractivity contribution in [2.24, 2.45) is 16.8 Å². The highest BCUT2D eigenvalue weighted by atomic mass is 32.1. The van der Waals surface area contributed by atoms with Gasteiger partial charge in [-0.1, -0.05) is 13.8 Å². The molecule has 11 heavy (non-hydrogen) atoms. The fourth-order valence-electron chi connectivity index (χ4n) is 1.71. The minimum absolute atomic E-state index is 0.471. The third-order valence-electron chi connectivity index (χ3n) is 2.81. The van der Waals surface area contributed by atoms with Crippen molar-refractivity contribution in [1.29, 1.82) is 0 Å². The zero-order valence-electron chi connectivity index (χ0n) is 7.21. The number of hydrogen-bond acceptors (Lipinski definition) is 2. The van der Waals surface area contributed by atoms with E-state index in [0.29, 0.717) is 6.04 Å². The SMILES string of the molecule is CC1CCC(N=C=S)CC1C. The summed E-state index contributed by atoms with van der Waals surface area (Å²) >= 11 is 4.58. The summed E-state index contributed by atoms with van der Waals surface area (Å²) in [6.07, 6.45) is 3.70. The predicted molar refractivity (Wildman–Crippen MR) is 51.0 cm³/mol. The Kier molecular flexibility index (Phi) is 3.22. The van der Waals surface area contributed by atoms with Crippen LogP contribution < -0.4 is 0 Å². The summed E-state index contributed by atoms with van der Waals surface area (Å²) in [5.41, 5.74) is 0. The van der Waals surface area contributed by atoms with Crippen LogP contribution in [0.3, 0.4) is 0 Å². The van der Waals surface area contributed by atoms with Crippen molar-refractivity contribution in [3.63, 3.8) is 0 Å². The molecule has 3 unspecified atom stereocenters. The van der Waals surface area contributed by atoms with Crippen LogP contribution in [0.4, 0.5) is 0 Å². The number of thiocarbonyl (C=S) groups is 1. The molecule has 0 amide bonds. The maximum Gasteiger partial charge on any atom is 0.0605 e. The molecule has 0 aromatic heterocycles. The van der Waals surface area contributed by atoms with E-state index < -0.39 is 0 Å². The van der Waals surface area contributed by atoms with E-state index >= 15 is 0 Å². The maximum absolute atomic E-state index is 4.58. The van der Waals surface area contributed by atoms with Crippen LogP contribution in [-0.4, -0.2) is 11.2 Å². The van der Waals surface area contributed by atoms with Gasteiger partial charge in [0.05, 0.1) is 11.2 Å². The molecule has 1 rings (SSSR count). The molecule has 1 aliphatic carbocycles. The summed E-state index contributed by atoms with van der Waals surface area (Å²) in [4.78, 5) is 4.13. The first-order valence-electron chi connectivity index (χ1n) is 4.31. The predicted octanol–water partition coefficient (Wildman–Crippen LogP) is 2.91. The number of hydrogen-bond donors (Lipinski definition) is 0. The van der Waals surface area contributed by atoms with Gasteiger partial charge in [-0.2, -0.15) is 0 Å². The van der Waals surface area contributed by atoms with Gasteiger partial charge >= 0.3 is 0 Å². The molecule has 1 nitrogen and oxygen atoms in total. The lowest BCUT2D eigenvalue weighted by atomic mass is 9.79. The summed E-state index contributed by atoms with van der Waals surface area (Å²) in [6.45, 7) is 4.62. The van der Waals surface area contributed by atoms with E-state index in [1.165, 1.54) is 19.3 Å². The Balaban J connectivity index is 2.45. The molecular weight excluding hydrogens is 154 g/mol. The summed E-state index contributed by atoms with van der Waals surface area (Å²) in [6, 6.07) is 0.471. The first kappa shape index (κ1) is 8.89. The van der Waals surface area contributed by atoms with Crippen molar-refractivity contribution >= 4 is 17.4 Å². The molecule has 2 heteroatoms. The van der Waals surface area contributed by atoms with Gasteiger partial charge in [-0.05, 0) is 43.3 Å². The lowest BCUT2D eigenvalue weighted by molar-refractivity contribution is 0.253. The zero-order chi connectivity index (χ0) is 8.27. The molecular formula is C9H15NS. The van der Waals surface area contributed by atoms with Gasteiger partial charge < -0.3 is 0 Å². The highest BCUT2D eigenvalue weighted by Gasteiger charge is 2.23. The molecule has 1 fully saturated rings. The van der Waals surface area contributed by atoms with Crippen LogP contribution in [0.15, 0.2) is 4.99 Å². The van der Waals surface area contributed by atoms with Crippen molar-refractivity contribution in [1.82, 2.24) is 0 Å². The fourth-order valence-corrected chi connectivity index (χ4v) is 1.86. The number of rotatable bonds is 1. The minimum Gasteiger partial charge on any atom is -0.229 e. The van der Waals surface area contributed by atoms with Gasteiger partial charge in [0, 0.05) is 0 Å².